The van der Waals surface area contributed by atoms with Crippen molar-refractivity contribution in [2.45, 2.75) is 51.5 Å². The highest BCUT2D eigenvalue weighted by Gasteiger charge is 2.31. The summed E-state index contributed by atoms with van der Waals surface area (Å²) in [6, 6.07) is 7.30. The first-order chi connectivity index (χ1) is 12.3. The Hall–Kier alpha value is -1.88. The lowest BCUT2D eigenvalue weighted by molar-refractivity contribution is 0.152. The zero-order valence-electron chi connectivity index (χ0n) is 15.0. The van der Waals surface area contributed by atoms with Crippen LogP contribution >= 0.6 is 0 Å². The smallest absolute Gasteiger partial charge is 0.148 e. The van der Waals surface area contributed by atoms with E-state index in [4.69, 9.17) is 5.10 Å². The van der Waals surface area contributed by atoms with Crippen LogP contribution in [0.5, 0.6) is 0 Å². The molecule has 1 fully saturated rings. The minimum Gasteiger partial charge on any atom is -0.370 e. The zero-order chi connectivity index (χ0) is 17.2. The first-order valence-corrected chi connectivity index (χ1v) is 9.64. The number of para-hydroxylation sites is 1. The number of hydrogen-bond donors (Lipinski definition) is 1. The van der Waals surface area contributed by atoms with Gasteiger partial charge in [-0.15, -0.1) is 0 Å². The van der Waals surface area contributed by atoms with E-state index in [0.29, 0.717) is 11.7 Å². The quantitative estimate of drug-likeness (QED) is 0.902. The Morgan fingerprint density at radius 1 is 1.20 bits per heavy atom. The topological polar surface area (TPSA) is 33.1 Å². The fraction of sp³-hybridized carbons (Fsp3) is 0.550. The van der Waals surface area contributed by atoms with Crippen molar-refractivity contribution in [3.8, 4) is 5.69 Å². The summed E-state index contributed by atoms with van der Waals surface area (Å²) in [5.41, 5.74) is 3.00. The number of likely N-dealkylation sites (tertiary alicyclic amines) is 1. The van der Waals surface area contributed by atoms with Gasteiger partial charge in [0.05, 0.1) is 11.7 Å². The molecule has 1 aromatic carbocycles. The largest absolute Gasteiger partial charge is 0.370 e. The van der Waals surface area contributed by atoms with Gasteiger partial charge in [0, 0.05) is 12.1 Å². The normalized spacial score (nSPS) is 21.4. The molecule has 1 saturated heterocycles. The SMILES string of the molecule is CCN1CCCCC1c1nn(-c2ccccc2F)c2c1CCCCN2. The maximum Gasteiger partial charge on any atom is 0.148 e. The average molecular weight is 342 g/mol. The van der Waals surface area contributed by atoms with E-state index in [-0.39, 0.29) is 5.82 Å². The molecule has 0 bridgehead atoms. The van der Waals surface area contributed by atoms with Gasteiger partial charge >= 0.3 is 0 Å². The lowest BCUT2D eigenvalue weighted by atomic mass is 9.95. The molecule has 2 aromatic rings. The first-order valence-electron chi connectivity index (χ1n) is 9.64. The fourth-order valence-corrected chi connectivity index (χ4v) is 4.27. The number of aromatic nitrogens is 2. The maximum absolute atomic E-state index is 14.4. The van der Waals surface area contributed by atoms with E-state index >= 15 is 0 Å². The standard InChI is InChI=1S/C20H27FN4/c1-2-24-14-8-6-12-18(24)19-15-9-5-7-13-22-20(15)25(23-19)17-11-4-3-10-16(17)21/h3-4,10-11,18,22H,2,5-9,12-14H2,1H3. The Kier molecular flexibility index (Phi) is 4.75. The number of rotatable bonds is 3. The van der Waals surface area contributed by atoms with Crippen LogP contribution in [0.25, 0.3) is 5.69 Å². The molecule has 4 nitrogen and oxygen atoms in total. The van der Waals surface area contributed by atoms with Crippen LogP contribution < -0.4 is 5.32 Å². The van der Waals surface area contributed by atoms with Crippen LogP contribution in [0.15, 0.2) is 24.3 Å². The average Bonchev–Trinajstić information content (AvgIpc) is 2.83. The third-order valence-corrected chi connectivity index (χ3v) is 5.58. The molecule has 2 aliphatic heterocycles. The molecule has 4 rings (SSSR count). The number of nitrogens with zero attached hydrogens (tertiary/aromatic N) is 3. The Balaban J connectivity index is 1.83. The Morgan fingerprint density at radius 2 is 2.08 bits per heavy atom. The van der Waals surface area contributed by atoms with Crippen LogP contribution in [0.3, 0.4) is 0 Å². The monoisotopic (exact) mass is 342 g/mol. The van der Waals surface area contributed by atoms with E-state index in [2.05, 4.69) is 17.1 Å². The molecule has 0 amide bonds. The van der Waals surface area contributed by atoms with Gasteiger partial charge in [-0.05, 0) is 57.3 Å². The lowest BCUT2D eigenvalue weighted by Gasteiger charge is -2.34. The molecule has 0 radical (unpaired) electrons. The summed E-state index contributed by atoms with van der Waals surface area (Å²) in [4.78, 5) is 2.53. The highest BCUT2D eigenvalue weighted by atomic mass is 19.1. The van der Waals surface area contributed by atoms with Gasteiger partial charge in [-0.25, -0.2) is 9.07 Å². The van der Waals surface area contributed by atoms with Gasteiger partial charge in [0.1, 0.15) is 17.3 Å². The molecule has 0 saturated carbocycles. The maximum atomic E-state index is 14.4. The molecule has 0 spiro atoms. The molecule has 1 unspecified atom stereocenters. The van der Waals surface area contributed by atoms with Crippen molar-refractivity contribution in [2.75, 3.05) is 25.0 Å². The molecule has 5 heteroatoms. The van der Waals surface area contributed by atoms with Crippen molar-refractivity contribution in [3.05, 3.63) is 41.3 Å². The van der Waals surface area contributed by atoms with Crippen molar-refractivity contribution >= 4 is 5.82 Å². The van der Waals surface area contributed by atoms with E-state index in [1.165, 1.54) is 24.5 Å². The number of hydrogen-bond acceptors (Lipinski definition) is 3. The van der Waals surface area contributed by atoms with Gasteiger partial charge in [-0.1, -0.05) is 25.5 Å². The predicted octanol–water partition coefficient (Wildman–Crippen LogP) is 4.31. The number of fused-ring (bicyclic) bond motifs is 1. The molecule has 3 heterocycles. The van der Waals surface area contributed by atoms with Crippen molar-refractivity contribution in [2.24, 2.45) is 0 Å². The van der Waals surface area contributed by atoms with Crippen molar-refractivity contribution in [3.63, 3.8) is 0 Å². The molecule has 1 N–H and O–H groups in total. The molecular formula is C20H27FN4. The second-order valence-corrected chi connectivity index (χ2v) is 7.10. The zero-order valence-corrected chi connectivity index (χ0v) is 15.0. The van der Waals surface area contributed by atoms with Crippen molar-refractivity contribution in [1.82, 2.24) is 14.7 Å². The number of nitrogens with one attached hydrogen (secondary N) is 1. The van der Waals surface area contributed by atoms with Crippen LogP contribution in [0.4, 0.5) is 10.2 Å². The highest BCUT2D eigenvalue weighted by Crippen LogP contribution is 2.37. The number of halogens is 1. The summed E-state index contributed by atoms with van der Waals surface area (Å²) >= 11 is 0. The van der Waals surface area contributed by atoms with Gasteiger partial charge in [-0.3, -0.25) is 4.90 Å². The highest BCUT2D eigenvalue weighted by molar-refractivity contribution is 5.55. The summed E-state index contributed by atoms with van der Waals surface area (Å²) in [6.07, 6.45) is 6.99. The summed E-state index contributed by atoms with van der Waals surface area (Å²) in [5.74, 6) is 0.778. The molecule has 0 aliphatic carbocycles. The first kappa shape index (κ1) is 16.6. The third-order valence-electron chi connectivity index (χ3n) is 5.58. The van der Waals surface area contributed by atoms with E-state index in [9.17, 15) is 4.39 Å². The van der Waals surface area contributed by atoms with Crippen LogP contribution in [0.1, 0.15) is 56.3 Å². The van der Waals surface area contributed by atoms with Crippen LogP contribution in [-0.4, -0.2) is 34.3 Å². The molecule has 1 atom stereocenters. The van der Waals surface area contributed by atoms with Crippen molar-refractivity contribution in [1.29, 1.82) is 0 Å². The Bertz CT molecular complexity index is 739. The van der Waals surface area contributed by atoms with Crippen LogP contribution in [0, 0.1) is 5.82 Å². The summed E-state index contributed by atoms with van der Waals surface area (Å²) in [7, 11) is 0. The third kappa shape index (κ3) is 3.06. The van der Waals surface area contributed by atoms with Gasteiger partial charge in [0.2, 0.25) is 0 Å². The van der Waals surface area contributed by atoms with Gasteiger partial charge in [0.25, 0.3) is 0 Å². The van der Waals surface area contributed by atoms with Gasteiger partial charge in [0.15, 0.2) is 0 Å². The molecule has 2 aliphatic rings. The molecule has 25 heavy (non-hydrogen) atoms. The van der Waals surface area contributed by atoms with Gasteiger partial charge < -0.3 is 5.32 Å². The van der Waals surface area contributed by atoms with Crippen LogP contribution in [0.2, 0.25) is 0 Å². The fourth-order valence-electron chi connectivity index (χ4n) is 4.27. The number of piperidine rings is 1. The van der Waals surface area contributed by atoms with E-state index in [1.54, 1.807) is 6.07 Å². The minimum atomic E-state index is -0.221. The van der Waals surface area contributed by atoms with Gasteiger partial charge in [-0.2, -0.15) is 5.10 Å². The number of benzene rings is 1. The number of anilines is 1. The van der Waals surface area contributed by atoms with E-state index < -0.39 is 0 Å². The second kappa shape index (κ2) is 7.16. The lowest BCUT2D eigenvalue weighted by Crippen LogP contribution is -2.34. The van der Waals surface area contributed by atoms with E-state index in [0.717, 1.165) is 56.8 Å². The molecular weight excluding hydrogens is 315 g/mol. The molecule has 134 valence electrons. The Morgan fingerprint density at radius 3 is 2.92 bits per heavy atom. The Labute approximate surface area is 149 Å². The predicted molar refractivity (Wildman–Crippen MR) is 98.8 cm³/mol. The second-order valence-electron chi connectivity index (χ2n) is 7.10. The van der Waals surface area contributed by atoms with Crippen molar-refractivity contribution < 1.29 is 4.39 Å². The molecule has 1 aromatic heterocycles. The summed E-state index contributed by atoms with van der Waals surface area (Å²) in [6.45, 7) is 5.33. The summed E-state index contributed by atoms with van der Waals surface area (Å²) < 4.78 is 16.3. The van der Waals surface area contributed by atoms with Crippen LogP contribution in [-0.2, 0) is 6.42 Å². The van der Waals surface area contributed by atoms with E-state index in [1.807, 2.05) is 16.8 Å². The summed E-state index contributed by atoms with van der Waals surface area (Å²) in [5, 5.41) is 8.49. The minimum absolute atomic E-state index is 0.221.